The maximum atomic E-state index is 13.0. The predicted octanol–water partition coefficient (Wildman–Crippen LogP) is 2.86. The van der Waals surface area contributed by atoms with Gasteiger partial charge < -0.3 is 15.4 Å². The molecule has 138 valence electrons. The molecule has 0 spiro atoms. The smallest absolute Gasteiger partial charge is 0.167 e. The van der Waals surface area contributed by atoms with Gasteiger partial charge in [0, 0.05) is 26.2 Å². The van der Waals surface area contributed by atoms with E-state index in [0.29, 0.717) is 11.7 Å². The van der Waals surface area contributed by atoms with Gasteiger partial charge in [-0.05, 0) is 35.5 Å². The molecule has 1 aliphatic rings. The summed E-state index contributed by atoms with van der Waals surface area (Å²) in [5.41, 5.74) is 2.19. The molecule has 6 heteroatoms. The SMILES string of the molecule is Fc1ccc(CNC(=S)N[C@H](CN2CCOCC2)c2ccccc2)cc1. The Hall–Kier alpha value is -2.02. The number of morpholine rings is 1. The summed E-state index contributed by atoms with van der Waals surface area (Å²) in [6.07, 6.45) is 0. The molecule has 0 amide bonds. The van der Waals surface area contributed by atoms with Crippen molar-refractivity contribution in [2.24, 2.45) is 0 Å². The van der Waals surface area contributed by atoms with Crippen LogP contribution in [0.25, 0.3) is 0 Å². The Balaban J connectivity index is 1.58. The van der Waals surface area contributed by atoms with Crippen LogP contribution in [0.2, 0.25) is 0 Å². The van der Waals surface area contributed by atoms with Crippen molar-refractivity contribution in [1.82, 2.24) is 15.5 Å². The lowest BCUT2D eigenvalue weighted by molar-refractivity contribution is 0.0343. The molecular weight excluding hydrogens is 349 g/mol. The van der Waals surface area contributed by atoms with E-state index in [2.05, 4.69) is 27.7 Å². The Kier molecular flexibility index (Phi) is 6.94. The zero-order valence-corrected chi connectivity index (χ0v) is 15.5. The minimum Gasteiger partial charge on any atom is -0.379 e. The number of nitrogens with zero attached hydrogens (tertiary/aromatic N) is 1. The van der Waals surface area contributed by atoms with E-state index in [1.807, 2.05) is 18.2 Å². The fourth-order valence-electron chi connectivity index (χ4n) is 2.96. The van der Waals surface area contributed by atoms with Gasteiger partial charge in [-0.15, -0.1) is 0 Å². The topological polar surface area (TPSA) is 36.5 Å². The molecule has 1 atom stereocenters. The number of hydrogen-bond donors (Lipinski definition) is 2. The molecule has 2 aromatic rings. The summed E-state index contributed by atoms with van der Waals surface area (Å²) < 4.78 is 18.4. The molecule has 0 saturated carbocycles. The van der Waals surface area contributed by atoms with Crippen LogP contribution in [0.15, 0.2) is 54.6 Å². The molecule has 2 aromatic carbocycles. The molecule has 1 fully saturated rings. The number of rotatable bonds is 6. The van der Waals surface area contributed by atoms with Crippen LogP contribution in [0.4, 0.5) is 4.39 Å². The highest BCUT2D eigenvalue weighted by molar-refractivity contribution is 7.80. The number of ether oxygens (including phenoxy) is 1. The number of nitrogens with one attached hydrogen (secondary N) is 2. The fraction of sp³-hybridized carbons (Fsp3) is 0.350. The van der Waals surface area contributed by atoms with Crippen LogP contribution in [-0.2, 0) is 11.3 Å². The number of thiocarbonyl (C=S) groups is 1. The van der Waals surface area contributed by atoms with Crippen molar-refractivity contribution in [3.05, 3.63) is 71.5 Å². The van der Waals surface area contributed by atoms with Gasteiger partial charge in [-0.1, -0.05) is 42.5 Å². The third kappa shape index (κ3) is 5.76. The van der Waals surface area contributed by atoms with E-state index in [1.165, 1.54) is 17.7 Å². The van der Waals surface area contributed by atoms with Gasteiger partial charge in [0.2, 0.25) is 0 Å². The zero-order valence-electron chi connectivity index (χ0n) is 14.7. The lowest BCUT2D eigenvalue weighted by Crippen LogP contribution is -2.45. The molecule has 4 nitrogen and oxygen atoms in total. The second kappa shape index (κ2) is 9.62. The van der Waals surface area contributed by atoms with Crippen LogP contribution < -0.4 is 10.6 Å². The van der Waals surface area contributed by atoms with Gasteiger partial charge in [0.25, 0.3) is 0 Å². The first-order valence-corrected chi connectivity index (χ1v) is 9.25. The molecule has 0 unspecified atom stereocenters. The first kappa shape index (κ1) is 18.8. The molecule has 0 aromatic heterocycles. The van der Waals surface area contributed by atoms with E-state index in [0.717, 1.165) is 38.4 Å². The van der Waals surface area contributed by atoms with Gasteiger partial charge >= 0.3 is 0 Å². The average molecular weight is 373 g/mol. The molecule has 1 heterocycles. The third-order valence-corrected chi connectivity index (χ3v) is 4.68. The van der Waals surface area contributed by atoms with Gasteiger partial charge in [-0.25, -0.2) is 4.39 Å². The van der Waals surface area contributed by atoms with Crippen molar-refractivity contribution in [2.45, 2.75) is 12.6 Å². The standard InChI is InChI=1S/C20H24FN3OS/c21-18-8-6-16(7-9-18)14-22-20(26)23-19(17-4-2-1-3-5-17)15-24-10-12-25-13-11-24/h1-9,19H,10-15H2,(H2,22,23,26)/t19-/m1/s1. The third-order valence-electron chi connectivity index (χ3n) is 4.42. The second-order valence-electron chi connectivity index (χ2n) is 6.33. The van der Waals surface area contributed by atoms with Gasteiger partial charge in [0.15, 0.2) is 5.11 Å². The number of halogens is 1. The summed E-state index contributed by atoms with van der Waals surface area (Å²) in [6.45, 7) is 4.84. The molecular formula is C20H24FN3OS. The highest BCUT2D eigenvalue weighted by Gasteiger charge is 2.19. The fourth-order valence-corrected chi connectivity index (χ4v) is 3.17. The highest BCUT2D eigenvalue weighted by Crippen LogP contribution is 2.15. The van der Waals surface area contributed by atoms with Gasteiger partial charge in [-0.3, -0.25) is 4.90 Å². The normalized spacial score (nSPS) is 16.0. The Morgan fingerprint density at radius 1 is 1.08 bits per heavy atom. The van der Waals surface area contributed by atoms with Crippen LogP contribution in [0.3, 0.4) is 0 Å². The summed E-state index contributed by atoms with van der Waals surface area (Å²) >= 11 is 5.48. The van der Waals surface area contributed by atoms with Crippen molar-refractivity contribution < 1.29 is 9.13 Å². The second-order valence-corrected chi connectivity index (χ2v) is 6.74. The molecule has 0 aliphatic carbocycles. The first-order chi connectivity index (χ1) is 12.7. The molecule has 1 saturated heterocycles. The van der Waals surface area contributed by atoms with Crippen molar-refractivity contribution in [3.63, 3.8) is 0 Å². The zero-order chi connectivity index (χ0) is 18.2. The van der Waals surface area contributed by atoms with Crippen LogP contribution >= 0.6 is 12.2 Å². The van der Waals surface area contributed by atoms with Crippen molar-refractivity contribution in [1.29, 1.82) is 0 Å². The predicted molar refractivity (Wildman–Crippen MR) is 105 cm³/mol. The van der Waals surface area contributed by atoms with Crippen LogP contribution in [0.5, 0.6) is 0 Å². The largest absolute Gasteiger partial charge is 0.379 e. The van der Waals surface area contributed by atoms with E-state index in [1.54, 1.807) is 12.1 Å². The Morgan fingerprint density at radius 3 is 2.46 bits per heavy atom. The van der Waals surface area contributed by atoms with Crippen LogP contribution in [-0.4, -0.2) is 42.9 Å². The molecule has 26 heavy (non-hydrogen) atoms. The van der Waals surface area contributed by atoms with E-state index in [-0.39, 0.29) is 11.9 Å². The average Bonchev–Trinajstić information content (AvgIpc) is 2.68. The molecule has 0 radical (unpaired) electrons. The molecule has 0 bridgehead atoms. The van der Waals surface area contributed by atoms with Crippen LogP contribution in [0, 0.1) is 5.82 Å². The molecule has 1 aliphatic heterocycles. The summed E-state index contributed by atoms with van der Waals surface area (Å²) in [5.74, 6) is -0.232. The van der Waals surface area contributed by atoms with E-state index >= 15 is 0 Å². The summed E-state index contributed by atoms with van der Waals surface area (Å²) in [7, 11) is 0. The lowest BCUT2D eigenvalue weighted by atomic mass is 10.1. The first-order valence-electron chi connectivity index (χ1n) is 8.84. The van der Waals surface area contributed by atoms with Gasteiger partial charge in [-0.2, -0.15) is 0 Å². The maximum absolute atomic E-state index is 13.0. The minimum absolute atomic E-state index is 0.0996. The van der Waals surface area contributed by atoms with E-state index in [9.17, 15) is 4.39 Å². The van der Waals surface area contributed by atoms with E-state index in [4.69, 9.17) is 17.0 Å². The van der Waals surface area contributed by atoms with Crippen molar-refractivity contribution >= 4 is 17.3 Å². The summed E-state index contributed by atoms with van der Waals surface area (Å²) in [5, 5.41) is 7.23. The summed E-state index contributed by atoms with van der Waals surface area (Å²) in [4.78, 5) is 2.39. The highest BCUT2D eigenvalue weighted by atomic mass is 32.1. The van der Waals surface area contributed by atoms with Crippen molar-refractivity contribution in [3.8, 4) is 0 Å². The molecule has 3 rings (SSSR count). The quantitative estimate of drug-likeness (QED) is 0.762. The Bertz CT molecular complexity index is 690. The Morgan fingerprint density at radius 2 is 1.77 bits per heavy atom. The van der Waals surface area contributed by atoms with Crippen molar-refractivity contribution in [2.75, 3.05) is 32.8 Å². The minimum atomic E-state index is -0.232. The van der Waals surface area contributed by atoms with E-state index < -0.39 is 0 Å². The number of benzene rings is 2. The molecule has 2 N–H and O–H groups in total. The van der Waals surface area contributed by atoms with Gasteiger partial charge in [0.1, 0.15) is 5.82 Å². The Labute approximate surface area is 159 Å². The summed E-state index contributed by atoms with van der Waals surface area (Å²) in [6, 6.07) is 16.8. The lowest BCUT2D eigenvalue weighted by Gasteiger charge is -2.31. The van der Waals surface area contributed by atoms with Gasteiger partial charge in [0.05, 0.1) is 19.3 Å². The number of hydrogen-bond acceptors (Lipinski definition) is 3. The maximum Gasteiger partial charge on any atom is 0.167 e. The van der Waals surface area contributed by atoms with Crippen LogP contribution in [0.1, 0.15) is 17.2 Å². The monoisotopic (exact) mass is 373 g/mol.